The van der Waals surface area contributed by atoms with Crippen LogP contribution in [0.25, 0.3) is 0 Å². The Bertz CT molecular complexity index is 465. The number of rotatable bonds is 4. The topological polar surface area (TPSA) is 45.2 Å². The number of likely N-dealkylation sites (N-methyl/N-ethyl adjacent to an activating group) is 1. The van der Waals surface area contributed by atoms with E-state index in [1.807, 2.05) is 0 Å². The summed E-state index contributed by atoms with van der Waals surface area (Å²) in [7, 11) is 1.57. The van der Waals surface area contributed by atoms with Crippen molar-refractivity contribution in [2.75, 3.05) is 25.5 Å². The molecule has 0 aliphatic carbocycles. The molecule has 1 rings (SSSR count). The molecule has 0 saturated heterocycles. The zero-order valence-electron chi connectivity index (χ0n) is 10.4. The van der Waals surface area contributed by atoms with Crippen LogP contribution in [0.2, 0.25) is 0 Å². The van der Waals surface area contributed by atoms with Gasteiger partial charge in [-0.15, -0.1) is 0 Å². The number of amides is 1. The Kier molecular flexibility index (Phi) is 5.16. The van der Waals surface area contributed by atoms with E-state index in [4.69, 9.17) is 0 Å². The van der Waals surface area contributed by atoms with Gasteiger partial charge in [0.2, 0.25) is 5.91 Å². The molecule has 1 aromatic heterocycles. The summed E-state index contributed by atoms with van der Waals surface area (Å²) in [5, 5.41) is 2.42. The van der Waals surface area contributed by atoms with Crippen molar-refractivity contribution in [3.63, 3.8) is 0 Å². The van der Waals surface area contributed by atoms with E-state index in [1.165, 1.54) is 11.1 Å². The third kappa shape index (κ3) is 4.38. The number of hydrogen-bond acceptors (Lipinski definition) is 3. The number of hydrogen-bond donors (Lipinski definition) is 1. The molecule has 1 N–H and O–H groups in total. The van der Waals surface area contributed by atoms with Crippen molar-refractivity contribution in [2.24, 2.45) is 0 Å². The summed E-state index contributed by atoms with van der Waals surface area (Å²) in [6.07, 6.45) is -3.29. The number of alkyl halides is 3. The molecular formula is C11H13BrF3N3O. The van der Waals surface area contributed by atoms with Gasteiger partial charge in [-0.05, 0) is 28.9 Å². The molecule has 106 valence electrons. The van der Waals surface area contributed by atoms with E-state index in [0.717, 1.165) is 6.07 Å². The predicted molar refractivity (Wildman–Crippen MR) is 68.7 cm³/mol. The highest BCUT2D eigenvalue weighted by molar-refractivity contribution is 9.10. The summed E-state index contributed by atoms with van der Waals surface area (Å²) >= 11 is 2.94. The minimum absolute atomic E-state index is 0.224. The van der Waals surface area contributed by atoms with Crippen LogP contribution in [0.5, 0.6) is 0 Å². The number of pyridine rings is 1. The second kappa shape index (κ2) is 6.23. The first-order valence-corrected chi connectivity index (χ1v) is 6.25. The Balaban J connectivity index is 2.87. The summed E-state index contributed by atoms with van der Waals surface area (Å²) in [6, 6.07) is 0.920. The van der Waals surface area contributed by atoms with Crippen molar-refractivity contribution in [1.82, 2.24) is 9.88 Å². The van der Waals surface area contributed by atoms with Gasteiger partial charge in [-0.2, -0.15) is 13.2 Å². The standard InChI is InChI=1S/C11H13BrF3N3O/c1-3-18(2)9(19)6-17-10-8(11(13,14)15)4-7(12)5-16-10/h4-5H,3,6H2,1-2H3,(H,16,17). The van der Waals surface area contributed by atoms with Crippen molar-refractivity contribution in [3.8, 4) is 0 Å². The Labute approximate surface area is 117 Å². The predicted octanol–water partition coefficient (Wildman–Crippen LogP) is 2.75. The molecule has 0 aromatic carbocycles. The van der Waals surface area contributed by atoms with E-state index in [1.54, 1.807) is 14.0 Å². The molecule has 0 saturated carbocycles. The first-order valence-electron chi connectivity index (χ1n) is 5.46. The van der Waals surface area contributed by atoms with Crippen LogP contribution >= 0.6 is 15.9 Å². The molecule has 0 aliphatic rings. The molecule has 1 aromatic rings. The van der Waals surface area contributed by atoms with E-state index in [9.17, 15) is 18.0 Å². The lowest BCUT2D eigenvalue weighted by atomic mass is 10.2. The van der Waals surface area contributed by atoms with E-state index in [2.05, 4.69) is 26.2 Å². The maximum atomic E-state index is 12.8. The van der Waals surface area contributed by atoms with Crippen LogP contribution in [0.4, 0.5) is 19.0 Å². The third-order valence-electron chi connectivity index (χ3n) is 2.47. The van der Waals surface area contributed by atoms with E-state index in [0.29, 0.717) is 6.54 Å². The second-order valence-corrected chi connectivity index (χ2v) is 4.72. The largest absolute Gasteiger partial charge is 0.419 e. The summed E-state index contributed by atoms with van der Waals surface area (Å²) in [4.78, 5) is 16.6. The molecule has 0 unspecified atom stereocenters. The minimum atomic E-state index is -4.53. The van der Waals surface area contributed by atoms with Gasteiger partial charge in [0.05, 0.1) is 12.1 Å². The van der Waals surface area contributed by atoms with Crippen LogP contribution in [0, 0.1) is 0 Å². The zero-order valence-corrected chi connectivity index (χ0v) is 12.0. The number of carbonyl (C=O) groups excluding carboxylic acids is 1. The monoisotopic (exact) mass is 339 g/mol. The number of nitrogens with one attached hydrogen (secondary N) is 1. The summed E-state index contributed by atoms with van der Waals surface area (Å²) < 4.78 is 38.6. The molecule has 8 heteroatoms. The van der Waals surface area contributed by atoms with Crippen molar-refractivity contribution in [2.45, 2.75) is 13.1 Å². The summed E-state index contributed by atoms with van der Waals surface area (Å²) in [5.74, 6) is -0.658. The average Bonchev–Trinajstić information content (AvgIpc) is 2.34. The molecule has 1 heterocycles. The molecule has 19 heavy (non-hydrogen) atoms. The smallest absolute Gasteiger partial charge is 0.360 e. The molecule has 0 bridgehead atoms. The Hall–Kier alpha value is -1.31. The quantitative estimate of drug-likeness (QED) is 0.917. The molecule has 0 radical (unpaired) electrons. The molecule has 0 spiro atoms. The molecule has 4 nitrogen and oxygen atoms in total. The molecule has 0 fully saturated rings. The van der Waals surface area contributed by atoms with Gasteiger partial charge in [0.1, 0.15) is 5.82 Å². The first-order chi connectivity index (χ1) is 8.75. The zero-order chi connectivity index (χ0) is 14.6. The van der Waals surface area contributed by atoms with Gasteiger partial charge in [0.15, 0.2) is 0 Å². The SMILES string of the molecule is CCN(C)C(=O)CNc1ncc(Br)cc1C(F)(F)F. The van der Waals surface area contributed by atoms with E-state index >= 15 is 0 Å². The fourth-order valence-electron chi connectivity index (χ4n) is 1.27. The fraction of sp³-hybridized carbons (Fsp3) is 0.455. The Morgan fingerprint density at radius 3 is 2.68 bits per heavy atom. The number of halogens is 4. The van der Waals surface area contributed by atoms with Crippen molar-refractivity contribution < 1.29 is 18.0 Å². The van der Waals surface area contributed by atoms with Crippen molar-refractivity contribution >= 4 is 27.7 Å². The molecular weight excluding hydrogens is 327 g/mol. The molecule has 1 amide bonds. The highest BCUT2D eigenvalue weighted by Gasteiger charge is 2.34. The number of carbonyl (C=O) groups is 1. The van der Waals surface area contributed by atoms with Gasteiger partial charge >= 0.3 is 6.18 Å². The van der Waals surface area contributed by atoms with Gasteiger partial charge in [0, 0.05) is 24.3 Å². The maximum absolute atomic E-state index is 12.8. The van der Waals surface area contributed by atoms with Crippen molar-refractivity contribution in [1.29, 1.82) is 0 Å². The van der Waals surface area contributed by atoms with Crippen LogP contribution in [0.15, 0.2) is 16.7 Å². The Morgan fingerprint density at radius 1 is 1.53 bits per heavy atom. The van der Waals surface area contributed by atoms with Gasteiger partial charge < -0.3 is 10.2 Å². The molecule has 0 atom stereocenters. The summed E-state index contributed by atoms with van der Waals surface area (Å²) in [5.41, 5.74) is -0.908. The van der Waals surface area contributed by atoms with Gasteiger partial charge in [-0.3, -0.25) is 4.79 Å². The normalized spacial score (nSPS) is 11.3. The van der Waals surface area contributed by atoms with Gasteiger partial charge in [-0.25, -0.2) is 4.98 Å². The lowest BCUT2D eigenvalue weighted by Crippen LogP contribution is -2.32. The van der Waals surface area contributed by atoms with E-state index in [-0.39, 0.29) is 22.7 Å². The van der Waals surface area contributed by atoms with E-state index < -0.39 is 11.7 Å². The summed E-state index contributed by atoms with van der Waals surface area (Å²) in [6.45, 7) is 2.03. The highest BCUT2D eigenvalue weighted by Crippen LogP contribution is 2.35. The minimum Gasteiger partial charge on any atom is -0.360 e. The van der Waals surface area contributed by atoms with Gasteiger partial charge in [-0.1, -0.05) is 0 Å². The van der Waals surface area contributed by atoms with Crippen molar-refractivity contribution in [3.05, 3.63) is 22.3 Å². The van der Waals surface area contributed by atoms with Crippen LogP contribution in [-0.4, -0.2) is 35.9 Å². The second-order valence-electron chi connectivity index (χ2n) is 3.81. The number of anilines is 1. The fourth-order valence-corrected chi connectivity index (χ4v) is 1.60. The highest BCUT2D eigenvalue weighted by atomic mass is 79.9. The average molecular weight is 340 g/mol. The van der Waals surface area contributed by atoms with Crippen LogP contribution in [0.1, 0.15) is 12.5 Å². The first kappa shape index (κ1) is 15.7. The number of nitrogens with zero attached hydrogens (tertiary/aromatic N) is 2. The Morgan fingerprint density at radius 2 is 2.16 bits per heavy atom. The lowest BCUT2D eigenvalue weighted by molar-refractivity contribution is -0.137. The van der Waals surface area contributed by atoms with Crippen LogP contribution in [-0.2, 0) is 11.0 Å². The number of aromatic nitrogens is 1. The molecule has 0 aliphatic heterocycles. The lowest BCUT2D eigenvalue weighted by Gasteiger charge is -2.17. The van der Waals surface area contributed by atoms with Crippen LogP contribution in [0.3, 0.4) is 0 Å². The van der Waals surface area contributed by atoms with Crippen LogP contribution < -0.4 is 5.32 Å². The van der Waals surface area contributed by atoms with Gasteiger partial charge in [0.25, 0.3) is 0 Å². The maximum Gasteiger partial charge on any atom is 0.419 e. The third-order valence-corrected chi connectivity index (χ3v) is 2.90.